The van der Waals surface area contributed by atoms with Crippen LogP contribution >= 0.6 is 11.8 Å². The number of hydrogen-bond acceptors (Lipinski definition) is 4. The van der Waals surface area contributed by atoms with E-state index >= 15 is 0 Å². The molecule has 0 radical (unpaired) electrons. The highest BCUT2D eigenvalue weighted by Gasteiger charge is 2.41. The summed E-state index contributed by atoms with van der Waals surface area (Å²) in [5, 5.41) is 18.8. The molecule has 0 aromatic heterocycles. The molecule has 6 heteroatoms. The first-order valence-electron chi connectivity index (χ1n) is 8.51. The molecule has 1 atom stereocenters. The van der Waals surface area contributed by atoms with E-state index in [1.54, 1.807) is 4.90 Å². The molecule has 5 nitrogen and oxygen atoms in total. The molecule has 2 N–H and O–H groups in total. The number of benzene rings is 2. The van der Waals surface area contributed by atoms with E-state index in [2.05, 4.69) is 0 Å². The number of thioether (sulfide) groups is 1. The molecule has 26 heavy (non-hydrogen) atoms. The van der Waals surface area contributed by atoms with Crippen molar-refractivity contribution < 1.29 is 19.8 Å². The van der Waals surface area contributed by atoms with Crippen LogP contribution in [0.4, 0.5) is 0 Å². The van der Waals surface area contributed by atoms with E-state index in [1.165, 1.54) is 11.8 Å². The summed E-state index contributed by atoms with van der Waals surface area (Å²) in [7, 11) is 0. The summed E-state index contributed by atoms with van der Waals surface area (Å²) >= 11 is 1.48. The number of aliphatic carboxylic acids is 1. The maximum atomic E-state index is 13.2. The van der Waals surface area contributed by atoms with Crippen LogP contribution in [0.5, 0.6) is 0 Å². The average Bonchev–Trinajstić information content (AvgIpc) is 2.67. The van der Waals surface area contributed by atoms with Crippen LogP contribution < -0.4 is 0 Å². The van der Waals surface area contributed by atoms with E-state index < -0.39 is 16.8 Å². The van der Waals surface area contributed by atoms with Gasteiger partial charge in [0.25, 0.3) is 0 Å². The van der Waals surface area contributed by atoms with Crippen molar-refractivity contribution in [2.24, 2.45) is 0 Å². The van der Waals surface area contributed by atoms with E-state index in [9.17, 15) is 14.7 Å². The lowest BCUT2D eigenvalue weighted by molar-refractivity contribution is -0.165. The zero-order valence-electron chi connectivity index (χ0n) is 14.2. The molecule has 1 unspecified atom stereocenters. The number of hydrogen-bond donors (Lipinski definition) is 2. The summed E-state index contributed by atoms with van der Waals surface area (Å²) in [4.78, 5) is 27.0. The Morgan fingerprint density at radius 3 is 2.04 bits per heavy atom. The molecule has 136 valence electrons. The maximum absolute atomic E-state index is 13.2. The van der Waals surface area contributed by atoms with Crippen LogP contribution in [0.3, 0.4) is 0 Å². The second-order valence-electron chi connectivity index (χ2n) is 6.38. The minimum absolute atomic E-state index is 0.0472. The first-order valence-corrected chi connectivity index (χ1v) is 9.39. The number of rotatable bonds is 5. The van der Waals surface area contributed by atoms with Gasteiger partial charge < -0.3 is 15.1 Å². The van der Waals surface area contributed by atoms with Crippen LogP contribution in [0.2, 0.25) is 0 Å². The normalized spacial score (nSPS) is 17.5. The van der Waals surface area contributed by atoms with Crippen LogP contribution in [0.1, 0.15) is 23.7 Å². The summed E-state index contributed by atoms with van der Waals surface area (Å²) in [6.45, 7) is 0.473. The summed E-state index contributed by atoms with van der Waals surface area (Å²) in [6, 6.07) is 19.3. The predicted octanol–water partition coefficient (Wildman–Crippen LogP) is 2.96. The third-order valence-electron chi connectivity index (χ3n) is 4.62. The Morgan fingerprint density at radius 1 is 0.962 bits per heavy atom. The largest absolute Gasteiger partial charge is 0.479 e. The van der Waals surface area contributed by atoms with Crippen molar-refractivity contribution in [3.05, 3.63) is 66.2 Å². The number of carboxylic acid groups (broad SMARTS) is 1. The van der Waals surface area contributed by atoms with E-state index in [1.807, 2.05) is 60.7 Å². The summed E-state index contributed by atoms with van der Waals surface area (Å²) < 4.78 is 0. The Morgan fingerprint density at radius 2 is 1.50 bits per heavy atom. The number of carbonyl (C=O) groups excluding carboxylic acids is 1. The van der Waals surface area contributed by atoms with Crippen LogP contribution in [0.25, 0.3) is 0 Å². The lowest BCUT2D eigenvalue weighted by Gasteiger charge is -2.37. The second-order valence-corrected chi connectivity index (χ2v) is 7.56. The summed E-state index contributed by atoms with van der Waals surface area (Å²) in [6.07, 6.45) is 0.0944. The Kier molecular flexibility index (Phi) is 5.64. The van der Waals surface area contributed by atoms with E-state index in [0.717, 1.165) is 10.5 Å². The molecule has 2 aromatic rings. The topological polar surface area (TPSA) is 77.8 Å². The Hall–Kier alpha value is -2.31. The fourth-order valence-corrected chi connectivity index (χ4v) is 4.13. The van der Waals surface area contributed by atoms with Gasteiger partial charge in [0, 0.05) is 30.8 Å². The Bertz CT molecular complexity index is 758. The van der Waals surface area contributed by atoms with Crippen LogP contribution in [-0.2, 0) is 9.59 Å². The van der Waals surface area contributed by atoms with Gasteiger partial charge in [0.15, 0.2) is 5.60 Å². The van der Waals surface area contributed by atoms with Gasteiger partial charge in [0.05, 0.1) is 0 Å². The average molecular weight is 371 g/mol. The summed E-state index contributed by atoms with van der Waals surface area (Å²) in [5.74, 6) is -1.28. The third kappa shape index (κ3) is 4.08. The molecule has 3 rings (SSSR count). The van der Waals surface area contributed by atoms with Crippen molar-refractivity contribution in [2.75, 3.05) is 13.1 Å². The molecule has 1 aliphatic rings. The molecule has 1 amide bonds. The Balaban J connectivity index is 1.79. The van der Waals surface area contributed by atoms with E-state index in [-0.39, 0.29) is 31.8 Å². The lowest BCUT2D eigenvalue weighted by Crippen LogP contribution is -2.51. The maximum Gasteiger partial charge on any atom is 0.335 e. The van der Waals surface area contributed by atoms with Crippen molar-refractivity contribution in [1.29, 1.82) is 0 Å². The van der Waals surface area contributed by atoms with E-state index in [4.69, 9.17) is 5.11 Å². The van der Waals surface area contributed by atoms with Crippen molar-refractivity contribution >= 4 is 23.6 Å². The van der Waals surface area contributed by atoms with Crippen molar-refractivity contribution in [1.82, 2.24) is 4.90 Å². The first kappa shape index (κ1) is 18.5. The van der Waals surface area contributed by atoms with Gasteiger partial charge >= 0.3 is 5.97 Å². The molecular weight excluding hydrogens is 350 g/mol. The SMILES string of the molecule is O=C(C(Sc1ccccc1)c1ccccc1)N1CCC(O)(C(=O)O)CC1. The molecule has 1 heterocycles. The highest BCUT2D eigenvalue weighted by molar-refractivity contribution is 8.00. The fraction of sp³-hybridized carbons (Fsp3) is 0.300. The fourth-order valence-electron chi connectivity index (χ4n) is 3.00. The van der Waals surface area contributed by atoms with Gasteiger partial charge in [0.2, 0.25) is 5.91 Å². The smallest absolute Gasteiger partial charge is 0.335 e. The monoisotopic (exact) mass is 371 g/mol. The highest BCUT2D eigenvalue weighted by Crippen LogP contribution is 2.37. The van der Waals surface area contributed by atoms with E-state index in [0.29, 0.717) is 0 Å². The van der Waals surface area contributed by atoms with Crippen molar-refractivity contribution in [3.8, 4) is 0 Å². The van der Waals surface area contributed by atoms with Gasteiger partial charge in [-0.15, -0.1) is 11.8 Å². The molecule has 0 aliphatic carbocycles. The van der Waals surface area contributed by atoms with Crippen LogP contribution in [0, 0.1) is 0 Å². The lowest BCUT2D eigenvalue weighted by atomic mass is 9.91. The zero-order chi connectivity index (χ0) is 18.6. The third-order valence-corrected chi connectivity index (χ3v) is 5.88. The number of piperidine rings is 1. The molecule has 2 aromatic carbocycles. The van der Waals surface area contributed by atoms with Gasteiger partial charge in [-0.3, -0.25) is 4.79 Å². The zero-order valence-corrected chi connectivity index (χ0v) is 15.1. The Labute approximate surface area is 156 Å². The van der Waals surface area contributed by atoms with Crippen LogP contribution in [-0.4, -0.2) is 45.7 Å². The number of likely N-dealkylation sites (tertiary alicyclic amines) is 1. The number of aliphatic hydroxyl groups is 1. The molecule has 1 saturated heterocycles. The van der Waals surface area contributed by atoms with Gasteiger partial charge in [-0.05, 0) is 17.7 Å². The van der Waals surface area contributed by atoms with Crippen LogP contribution in [0.15, 0.2) is 65.6 Å². The number of amides is 1. The second kappa shape index (κ2) is 7.93. The van der Waals surface area contributed by atoms with Crippen molar-refractivity contribution in [2.45, 2.75) is 28.6 Å². The summed E-state index contributed by atoms with van der Waals surface area (Å²) in [5.41, 5.74) is -0.823. The first-order chi connectivity index (χ1) is 12.5. The standard InChI is InChI=1S/C20H21NO4S/c22-18(21-13-11-20(25,12-14-21)19(23)24)17(15-7-3-1-4-8-15)26-16-9-5-2-6-10-16/h1-10,17,25H,11-14H2,(H,23,24). The van der Waals surface area contributed by atoms with Gasteiger partial charge in [-0.2, -0.15) is 0 Å². The predicted molar refractivity (Wildman–Crippen MR) is 99.9 cm³/mol. The number of carbonyl (C=O) groups is 2. The molecular formula is C20H21NO4S. The van der Waals surface area contributed by atoms with Gasteiger partial charge in [-0.1, -0.05) is 48.5 Å². The molecule has 0 saturated carbocycles. The number of nitrogens with zero attached hydrogens (tertiary/aromatic N) is 1. The molecule has 1 aliphatic heterocycles. The molecule has 1 fully saturated rings. The van der Waals surface area contributed by atoms with Gasteiger partial charge in [0.1, 0.15) is 5.25 Å². The molecule has 0 spiro atoms. The highest BCUT2D eigenvalue weighted by atomic mass is 32.2. The minimum Gasteiger partial charge on any atom is -0.479 e. The number of carboxylic acids is 1. The minimum atomic E-state index is -1.73. The quantitative estimate of drug-likeness (QED) is 0.790. The molecule has 0 bridgehead atoms. The van der Waals surface area contributed by atoms with Gasteiger partial charge in [-0.25, -0.2) is 4.79 Å². The van der Waals surface area contributed by atoms with Crippen molar-refractivity contribution in [3.63, 3.8) is 0 Å².